The molecule has 29 heavy (non-hydrogen) atoms. The third-order valence-electron chi connectivity index (χ3n) is 4.83. The highest BCUT2D eigenvalue weighted by Gasteiger charge is 2.23. The smallest absolute Gasteiger partial charge is 0.319 e. The van der Waals surface area contributed by atoms with Gasteiger partial charge in [-0.25, -0.2) is 17.5 Å². The fourth-order valence-electron chi connectivity index (χ4n) is 3.08. The fraction of sp³-hybridized carbons (Fsp3) is 0.579. The van der Waals surface area contributed by atoms with Gasteiger partial charge in [0, 0.05) is 38.8 Å². The number of benzene rings is 1. The minimum Gasteiger partial charge on any atom is -0.495 e. The predicted octanol–water partition coefficient (Wildman–Crippen LogP) is 2.01. The average molecular weight is 427 g/mol. The Morgan fingerprint density at radius 3 is 2.72 bits per heavy atom. The summed E-state index contributed by atoms with van der Waals surface area (Å²) in [6.45, 7) is 2.89. The van der Waals surface area contributed by atoms with Gasteiger partial charge in [-0.3, -0.25) is 4.79 Å². The Bertz CT molecular complexity index is 828. The minimum absolute atomic E-state index is 0.0438. The van der Waals surface area contributed by atoms with E-state index in [-0.39, 0.29) is 11.7 Å². The van der Waals surface area contributed by atoms with Gasteiger partial charge < -0.3 is 20.3 Å². The molecule has 10 heteroatoms. The van der Waals surface area contributed by atoms with Crippen molar-refractivity contribution in [3.63, 3.8) is 0 Å². The molecule has 0 saturated carbocycles. The van der Waals surface area contributed by atoms with Crippen molar-refractivity contribution in [1.29, 1.82) is 0 Å². The molecule has 2 rings (SSSR count). The number of carbonyl (C=O) groups excluding carboxylic acids is 2. The number of amides is 3. The van der Waals surface area contributed by atoms with Crippen LogP contribution < -0.4 is 20.3 Å². The monoisotopic (exact) mass is 426 g/mol. The topological polar surface area (TPSA) is 108 Å². The summed E-state index contributed by atoms with van der Waals surface area (Å²) >= 11 is 0. The molecular formula is C19H30N4O5S. The van der Waals surface area contributed by atoms with Gasteiger partial charge in [-0.15, -0.1) is 0 Å². The van der Waals surface area contributed by atoms with E-state index in [4.69, 9.17) is 4.74 Å². The van der Waals surface area contributed by atoms with E-state index < -0.39 is 16.1 Å². The Kier molecular flexibility index (Phi) is 8.27. The van der Waals surface area contributed by atoms with Crippen LogP contribution in [0.15, 0.2) is 18.2 Å². The Morgan fingerprint density at radius 2 is 2.07 bits per heavy atom. The first kappa shape index (κ1) is 23.0. The third kappa shape index (κ3) is 6.33. The number of hydrogen-bond acceptors (Lipinski definition) is 5. The van der Waals surface area contributed by atoms with Crippen molar-refractivity contribution >= 4 is 33.3 Å². The molecule has 0 radical (unpaired) electrons. The lowest BCUT2D eigenvalue weighted by Gasteiger charge is -2.28. The van der Waals surface area contributed by atoms with Crippen LogP contribution in [0.3, 0.4) is 0 Å². The maximum atomic E-state index is 12.2. The van der Waals surface area contributed by atoms with Gasteiger partial charge >= 0.3 is 6.03 Å². The number of nitrogens with zero attached hydrogens (tertiary/aromatic N) is 2. The lowest BCUT2D eigenvalue weighted by atomic mass is 10.1. The second kappa shape index (κ2) is 10.4. The molecule has 2 N–H and O–H groups in total. The molecule has 0 unspecified atom stereocenters. The van der Waals surface area contributed by atoms with E-state index in [1.165, 1.54) is 11.4 Å². The Hall–Kier alpha value is -2.33. The number of urea groups is 1. The molecule has 162 valence electrons. The maximum Gasteiger partial charge on any atom is 0.319 e. The second-order valence-corrected chi connectivity index (χ2v) is 9.21. The second-order valence-electron chi connectivity index (χ2n) is 6.85. The summed E-state index contributed by atoms with van der Waals surface area (Å²) in [6, 6.07) is 4.76. The van der Waals surface area contributed by atoms with Gasteiger partial charge in [-0.05, 0) is 44.4 Å². The van der Waals surface area contributed by atoms with Crippen LogP contribution in [0.4, 0.5) is 16.2 Å². The summed E-state index contributed by atoms with van der Waals surface area (Å²) < 4.78 is 30.0. The van der Waals surface area contributed by atoms with Gasteiger partial charge in [0.2, 0.25) is 15.9 Å². The van der Waals surface area contributed by atoms with Crippen LogP contribution >= 0.6 is 0 Å². The molecule has 1 aromatic rings. The molecule has 3 amide bonds. The molecule has 1 saturated heterocycles. The highest BCUT2D eigenvalue weighted by Crippen LogP contribution is 2.33. The van der Waals surface area contributed by atoms with E-state index in [0.717, 1.165) is 12.8 Å². The van der Waals surface area contributed by atoms with Crippen molar-refractivity contribution < 1.29 is 22.7 Å². The zero-order chi connectivity index (χ0) is 21.4. The first-order valence-electron chi connectivity index (χ1n) is 9.75. The molecule has 0 aromatic heterocycles. The van der Waals surface area contributed by atoms with Crippen molar-refractivity contribution in [2.24, 2.45) is 0 Å². The minimum atomic E-state index is -3.21. The number of hydrogen-bond donors (Lipinski definition) is 2. The van der Waals surface area contributed by atoms with Crippen molar-refractivity contribution in [1.82, 2.24) is 9.62 Å². The zero-order valence-corrected chi connectivity index (χ0v) is 18.0. The summed E-state index contributed by atoms with van der Waals surface area (Å²) in [5.41, 5.74) is 1.18. The highest BCUT2D eigenvalue weighted by molar-refractivity contribution is 7.89. The number of anilines is 2. The Morgan fingerprint density at radius 1 is 1.31 bits per heavy atom. The van der Waals surface area contributed by atoms with Gasteiger partial charge in [0.05, 0.1) is 18.6 Å². The molecule has 1 aliphatic rings. The molecule has 0 aliphatic carbocycles. The molecular weight excluding hydrogens is 396 g/mol. The number of piperidine rings is 1. The lowest BCUT2D eigenvalue weighted by Crippen LogP contribution is -2.35. The summed E-state index contributed by atoms with van der Waals surface area (Å²) in [5, 5.41) is 5.45. The molecule has 1 aliphatic heterocycles. The van der Waals surface area contributed by atoms with Crippen LogP contribution in [0.2, 0.25) is 0 Å². The number of methoxy groups -OCH3 is 1. The summed E-state index contributed by atoms with van der Waals surface area (Å²) in [7, 11) is -0.141. The van der Waals surface area contributed by atoms with Gasteiger partial charge in [0.1, 0.15) is 5.75 Å². The lowest BCUT2D eigenvalue weighted by molar-refractivity contribution is -0.119. The Labute approximate surface area is 172 Å². The normalized spacial score (nSPS) is 14.8. The number of ether oxygens (including phenoxy) is 1. The molecule has 0 bridgehead atoms. The average Bonchev–Trinajstić information content (AvgIpc) is 2.71. The maximum absolute atomic E-state index is 12.2. The predicted molar refractivity (Wildman–Crippen MR) is 113 cm³/mol. The summed E-state index contributed by atoms with van der Waals surface area (Å²) in [4.78, 5) is 26.1. The van der Waals surface area contributed by atoms with Crippen molar-refractivity contribution in [3.8, 4) is 5.75 Å². The van der Waals surface area contributed by atoms with E-state index in [1.807, 2.05) is 0 Å². The van der Waals surface area contributed by atoms with E-state index in [1.54, 1.807) is 37.1 Å². The SMILES string of the molecule is CCS(=O)(=O)N(C)CCCNC(=O)Nc1ccc(OC)c(N2CCCCC2=O)c1. The largest absolute Gasteiger partial charge is 0.495 e. The number of rotatable bonds is 9. The fourth-order valence-corrected chi connectivity index (χ4v) is 3.93. The van der Waals surface area contributed by atoms with Crippen molar-refractivity contribution in [2.75, 3.05) is 49.8 Å². The van der Waals surface area contributed by atoms with E-state index in [0.29, 0.717) is 49.6 Å². The van der Waals surface area contributed by atoms with Crippen LogP contribution in [0.1, 0.15) is 32.6 Å². The molecule has 1 fully saturated rings. The quantitative estimate of drug-likeness (QED) is 0.587. The Balaban J connectivity index is 1.91. The molecule has 1 aromatic carbocycles. The third-order valence-corrected chi connectivity index (χ3v) is 6.69. The van der Waals surface area contributed by atoms with E-state index in [9.17, 15) is 18.0 Å². The van der Waals surface area contributed by atoms with E-state index in [2.05, 4.69) is 10.6 Å². The van der Waals surface area contributed by atoms with Gasteiger partial charge in [-0.2, -0.15) is 0 Å². The number of sulfonamides is 1. The van der Waals surface area contributed by atoms with Crippen LogP contribution in [0.25, 0.3) is 0 Å². The van der Waals surface area contributed by atoms with E-state index >= 15 is 0 Å². The van der Waals surface area contributed by atoms with Crippen molar-refractivity contribution in [2.45, 2.75) is 32.6 Å². The van der Waals surface area contributed by atoms with Gasteiger partial charge in [-0.1, -0.05) is 0 Å². The van der Waals surface area contributed by atoms with Gasteiger partial charge in [0.15, 0.2) is 0 Å². The van der Waals surface area contributed by atoms with Crippen LogP contribution in [0, 0.1) is 0 Å². The standard InChI is InChI=1S/C19H30N4O5S/c1-4-29(26,27)22(2)12-7-11-20-19(25)21-15-9-10-17(28-3)16(14-15)23-13-6-5-8-18(23)24/h9-10,14H,4-8,11-13H2,1-3H3,(H2,20,21,25). The number of nitrogens with one attached hydrogen (secondary N) is 2. The highest BCUT2D eigenvalue weighted by atomic mass is 32.2. The first-order chi connectivity index (χ1) is 13.8. The van der Waals surface area contributed by atoms with Crippen molar-refractivity contribution in [3.05, 3.63) is 18.2 Å². The van der Waals surface area contributed by atoms with Crippen LogP contribution in [-0.2, 0) is 14.8 Å². The molecule has 1 heterocycles. The van der Waals surface area contributed by atoms with Gasteiger partial charge in [0.25, 0.3) is 0 Å². The zero-order valence-electron chi connectivity index (χ0n) is 17.2. The summed E-state index contributed by atoms with van der Waals surface area (Å²) in [6.07, 6.45) is 2.81. The van der Waals surface area contributed by atoms with Crippen LogP contribution in [0.5, 0.6) is 5.75 Å². The molecule has 0 spiro atoms. The molecule has 9 nitrogen and oxygen atoms in total. The van der Waals surface area contributed by atoms with Crippen LogP contribution in [-0.4, -0.2) is 64.2 Å². The first-order valence-corrected chi connectivity index (χ1v) is 11.4. The summed E-state index contributed by atoms with van der Waals surface area (Å²) in [5.74, 6) is 0.671. The number of carbonyl (C=O) groups is 2. The molecule has 0 atom stereocenters.